The van der Waals surface area contributed by atoms with Gasteiger partial charge < -0.3 is 4.57 Å². The van der Waals surface area contributed by atoms with Crippen LogP contribution >= 0.6 is 0 Å². The van der Waals surface area contributed by atoms with Gasteiger partial charge in [0.15, 0.2) is 0 Å². The summed E-state index contributed by atoms with van der Waals surface area (Å²) < 4.78 is 2.14. The molecule has 136 valence electrons. The first-order valence-electron chi connectivity index (χ1n) is 8.98. The number of hydrogen-bond acceptors (Lipinski definition) is 0. The summed E-state index contributed by atoms with van der Waals surface area (Å²) in [6.45, 7) is 25.6. The van der Waals surface area contributed by atoms with Crippen LogP contribution in [0, 0.1) is 6.92 Å². The maximum Gasteiger partial charge on any atom is 0.0480 e. The van der Waals surface area contributed by atoms with E-state index >= 15 is 0 Å². The molecule has 0 aliphatic rings. The van der Waals surface area contributed by atoms with Crippen LogP contribution in [0.5, 0.6) is 0 Å². The zero-order valence-electron chi connectivity index (χ0n) is 17.3. The van der Waals surface area contributed by atoms with E-state index in [-0.39, 0.29) is 0 Å². The van der Waals surface area contributed by atoms with E-state index in [0.29, 0.717) is 0 Å². The van der Waals surface area contributed by atoms with E-state index in [4.69, 9.17) is 0 Å². The third-order valence-corrected chi connectivity index (χ3v) is 2.81. The van der Waals surface area contributed by atoms with Gasteiger partial charge in [0.2, 0.25) is 0 Å². The third kappa shape index (κ3) is 9.19. The van der Waals surface area contributed by atoms with Gasteiger partial charge >= 0.3 is 0 Å². The van der Waals surface area contributed by atoms with E-state index in [1.165, 1.54) is 17.7 Å². The summed E-state index contributed by atoms with van der Waals surface area (Å²) in [4.78, 5) is 0. The largest absolute Gasteiger partial charge is 0.347 e. The Morgan fingerprint density at radius 3 is 1.54 bits per heavy atom. The Labute approximate surface area is 151 Å². The van der Waals surface area contributed by atoms with Crippen molar-refractivity contribution in [2.45, 2.75) is 54.9 Å². The number of allylic oxidation sites excluding steroid dienone is 4. The van der Waals surface area contributed by atoms with Crippen molar-refractivity contribution >= 4 is 18.2 Å². The van der Waals surface area contributed by atoms with Crippen LogP contribution in [-0.2, 0) is 7.05 Å². The van der Waals surface area contributed by atoms with Gasteiger partial charge in [-0.15, -0.1) is 0 Å². The molecule has 1 nitrogen and oxygen atoms in total. The van der Waals surface area contributed by atoms with Gasteiger partial charge in [0.1, 0.15) is 0 Å². The zero-order valence-corrected chi connectivity index (χ0v) is 17.3. The van der Waals surface area contributed by atoms with Crippen LogP contribution in [0.1, 0.15) is 70.5 Å². The number of nitrogens with zero attached hydrogens (tertiary/aromatic N) is 1. The van der Waals surface area contributed by atoms with Crippen molar-refractivity contribution in [3.05, 3.63) is 66.6 Å². The summed E-state index contributed by atoms with van der Waals surface area (Å²) in [5.41, 5.74) is 4.68. The van der Waals surface area contributed by atoms with E-state index in [9.17, 15) is 0 Å². The molecular weight excluding hydrogens is 290 g/mol. The fourth-order valence-electron chi connectivity index (χ4n) is 1.84. The van der Waals surface area contributed by atoms with Crippen LogP contribution in [0.3, 0.4) is 0 Å². The Bertz CT molecular complexity index is 511. The molecule has 0 aromatic carbocycles. The fraction of sp³-hybridized carbons (Fsp3) is 0.391. The van der Waals surface area contributed by atoms with Crippen molar-refractivity contribution in [2.24, 2.45) is 7.05 Å². The SMILES string of the molecule is C=C/C=C\c1c(/C=C\C=C)c(C=C)n(C)c1C.CC.CC.CCC. The van der Waals surface area contributed by atoms with Crippen molar-refractivity contribution in [1.82, 2.24) is 4.57 Å². The van der Waals surface area contributed by atoms with E-state index < -0.39 is 0 Å². The first-order valence-corrected chi connectivity index (χ1v) is 8.98. The number of rotatable bonds is 5. The van der Waals surface area contributed by atoms with Gasteiger partial charge in [-0.2, -0.15) is 0 Å². The summed E-state index contributed by atoms with van der Waals surface area (Å²) in [6.07, 6.45) is 14.7. The molecule has 0 radical (unpaired) electrons. The minimum absolute atomic E-state index is 1.12. The quantitative estimate of drug-likeness (QED) is 0.485. The maximum atomic E-state index is 3.87. The molecule has 0 fully saturated rings. The van der Waals surface area contributed by atoms with Crippen LogP contribution in [0.25, 0.3) is 18.2 Å². The molecular formula is C23H39N. The topological polar surface area (TPSA) is 4.93 Å². The minimum Gasteiger partial charge on any atom is -0.347 e. The van der Waals surface area contributed by atoms with Crippen LogP contribution in [0.15, 0.2) is 44.0 Å². The highest BCUT2D eigenvalue weighted by molar-refractivity contribution is 5.75. The highest BCUT2D eigenvalue weighted by Crippen LogP contribution is 2.25. The van der Waals surface area contributed by atoms with Crippen molar-refractivity contribution < 1.29 is 0 Å². The lowest BCUT2D eigenvalue weighted by Gasteiger charge is -1.99. The van der Waals surface area contributed by atoms with Gasteiger partial charge in [-0.05, 0) is 13.0 Å². The second-order valence-corrected chi connectivity index (χ2v) is 4.46. The summed E-state index contributed by atoms with van der Waals surface area (Å²) in [5, 5.41) is 0. The first kappa shape index (κ1) is 26.9. The Balaban J connectivity index is -0.000000549. The molecule has 1 rings (SSSR count). The van der Waals surface area contributed by atoms with Crippen molar-refractivity contribution in [1.29, 1.82) is 0 Å². The zero-order chi connectivity index (χ0) is 19.5. The molecule has 1 heterocycles. The lowest BCUT2D eigenvalue weighted by atomic mass is 10.1. The molecule has 0 unspecified atom stereocenters. The summed E-state index contributed by atoms with van der Waals surface area (Å²) in [5.74, 6) is 0. The van der Waals surface area contributed by atoms with Crippen LogP contribution in [-0.4, -0.2) is 4.57 Å². The Kier molecular flexibility index (Phi) is 21.3. The van der Waals surface area contributed by atoms with E-state index in [1.54, 1.807) is 12.2 Å². The van der Waals surface area contributed by atoms with Crippen molar-refractivity contribution in [3.63, 3.8) is 0 Å². The Hall–Kier alpha value is -2.02. The smallest absolute Gasteiger partial charge is 0.0480 e. The average Bonchev–Trinajstić information content (AvgIpc) is 2.85. The standard InChI is InChI=1S/C16H19N.C3H8.2C2H6/c1-6-9-11-14-13(4)17(5)16(8-3)15(14)12-10-7-2;1-3-2;2*1-2/h6-12H,1-3H2,4-5H3;3H2,1-2H3;2*1-2H3/b11-9-,12-10-;;;. The molecule has 0 bridgehead atoms. The highest BCUT2D eigenvalue weighted by Gasteiger charge is 2.11. The number of hydrogen-bond donors (Lipinski definition) is 0. The minimum atomic E-state index is 1.12. The molecule has 0 aliphatic carbocycles. The van der Waals surface area contributed by atoms with Gasteiger partial charge in [-0.3, -0.25) is 0 Å². The van der Waals surface area contributed by atoms with Crippen LogP contribution < -0.4 is 0 Å². The van der Waals surface area contributed by atoms with E-state index in [1.807, 2.05) is 53.0 Å². The first-order chi connectivity index (χ1) is 11.6. The molecule has 1 aromatic heterocycles. The number of aromatic nitrogens is 1. The predicted molar refractivity (Wildman–Crippen MR) is 117 cm³/mol. The van der Waals surface area contributed by atoms with Gasteiger partial charge in [0.05, 0.1) is 0 Å². The molecule has 24 heavy (non-hydrogen) atoms. The molecule has 1 heteroatoms. The van der Waals surface area contributed by atoms with Gasteiger partial charge in [0.25, 0.3) is 0 Å². The third-order valence-electron chi connectivity index (χ3n) is 2.81. The summed E-state index contributed by atoms with van der Waals surface area (Å²) >= 11 is 0. The van der Waals surface area contributed by atoms with Crippen molar-refractivity contribution in [2.75, 3.05) is 0 Å². The van der Waals surface area contributed by atoms with Crippen LogP contribution in [0.2, 0.25) is 0 Å². The summed E-state index contributed by atoms with van der Waals surface area (Å²) in [6, 6.07) is 0. The van der Waals surface area contributed by atoms with Gasteiger partial charge in [-0.1, -0.05) is 104 Å². The molecule has 0 saturated carbocycles. The molecule has 1 aromatic rings. The maximum absolute atomic E-state index is 3.87. The fourth-order valence-corrected chi connectivity index (χ4v) is 1.84. The molecule has 0 amide bonds. The molecule has 0 atom stereocenters. The van der Waals surface area contributed by atoms with Crippen LogP contribution in [0.4, 0.5) is 0 Å². The lowest BCUT2D eigenvalue weighted by Crippen LogP contribution is -1.93. The second-order valence-electron chi connectivity index (χ2n) is 4.46. The normalized spacial score (nSPS) is 9.17. The summed E-state index contributed by atoms with van der Waals surface area (Å²) in [7, 11) is 2.04. The lowest BCUT2D eigenvalue weighted by molar-refractivity contribution is 0.870. The molecule has 0 saturated heterocycles. The Morgan fingerprint density at radius 1 is 0.833 bits per heavy atom. The van der Waals surface area contributed by atoms with Gasteiger partial charge in [-0.25, -0.2) is 0 Å². The highest BCUT2D eigenvalue weighted by atomic mass is 15.0. The van der Waals surface area contributed by atoms with Crippen molar-refractivity contribution in [3.8, 4) is 0 Å². The van der Waals surface area contributed by atoms with E-state index in [0.717, 1.165) is 11.3 Å². The molecule has 0 aliphatic heterocycles. The average molecular weight is 330 g/mol. The molecule has 0 spiro atoms. The second kappa shape index (κ2) is 19.0. The van der Waals surface area contributed by atoms with E-state index in [2.05, 4.69) is 57.2 Å². The monoisotopic (exact) mass is 329 g/mol. The Morgan fingerprint density at radius 2 is 1.21 bits per heavy atom. The molecule has 0 N–H and O–H groups in total. The van der Waals surface area contributed by atoms with Gasteiger partial charge in [0, 0.05) is 29.6 Å². The predicted octanol–water partition coefficient (Wildman–Crippen LogP) is 7.84.